The van der Waals surface area contributed by atoms with Crippen LogP contribution in [0.5, 0.6) is 0 Å². The molecule has 0 fully saturated rings. The number of esters is 1. The molecule has 0 aliphatic heterocycles. The molecule has 15 heavy (non-hydrogen) atoms. The van der Waals surface area contributed by atoms with Gasteiger partial charge in [-0.3, -0.25) is 4.79 Å². The van der Waals surface area contributed by atoms with E-state index in [1.54, 1.807) is 0 Å². The highest BCUT2D eigenvalue weighted by Crippen LogP contribution is 2.23. The summed E-state index contributed by atoms with van der Waals surface area (Å²) in [6, 6.07) is 2.76. The van der Waals surface area contributed by atoms with Gasteiger partial charge in [-0.05, 0) is 17.7 Å². The van der Waals surface area contributed by atoms with E-state index in [2.05, 4.69) is 20.7 Å². The maximum absolute atomic E-state index is 13.4. The molecule has 0 N–H and O–H groups in total. The number of methoxy groups -OCH3 is 1. The number of benzene rings is 1. The van der Waals surface area contributed by atoms with Crippen molar-refractivity contribution in [2.75, 3.05) is 7.11 Å². The Morgan fingerprint density at radius 2 is 2.20 bits per heavy atom. The second kappa shape index (κ2) is 5.47. The summed E-state index contributed by atoms with van der Waals surface area (Å²) in [7, 11) is 1.26. The van der Waals surface area contributed by atoms with Crippen molar-refractivity contribution in [1.29, 1.82) is 0 Å². The molecule has 0 unspecified atom stereocenters. The van der Waals surface area contributed by atoms with Crippen LogP contribution in [-0.4, -0.2) is 13.1 Å². The molecule has 82 valence electrons. The third-order valence-electron chi connectivity index (χ3n) is 1.92. The monoisotopic (exact) mass is 294 g/mol. The molecule has 1 aromatic carbocycles. The van der Waals surface area contributed by atoms with Crippen LogP contribution in [0.15, 0.2) is 12.1 Å². The average molecular weight is 296 g/mol. The summed E-state index contributed by atoms with van der Waals surface area (Å²) in [5, 5.41) is 0.911. The van der Waals surface area contributed by atoms with Gasteiger partial charge >= 0.3 is 5.97 Å². The first-order valence-corrected chi connectivity index (χ1v) is 5.68. The number of hydrogen-bond donors (Lipinski definition) is 0. The fourth-order valence-electron chi connectivity index (χ4n) is 1.09. The molecule has 0 aliphatic carbocycles. The first-order valence-electron chi connectivity index (χ1n) is 4.18. The molecule has 0 spiro atoms. The fraction of sp³-hybridized carbons (Fsp3) is 0.300. The summed E-state index contributed by atoms with van der Waals surface area (Å²) >= 11 is 9.07. The van der Waals surface area contributed by atoms with E-state index in [4.69, 9.17) is 11.6 Å². The Morgan fingerprint density at radius 3 is 2.73 bits per heavy atom. The van der Waals surface area contributed by atoms with Crippen LogP contribution >= 0.6 is 27.5 Å². The zero-order chi connectivity index (χ0) is 11.4. The Labute approximate surface area is 101 Å². The van der Waals surface area contributed by atoms with Crippen molar-refractivity contribution in [1.82, 2.24) is 0 Å². The van der Waals surface area contributed by atoms with Gasteiger partial charge in [-0.1, -0.05) is 27.5 Å². The molecule has 0 heterocycles. The zero-order valence-corrected chi connectivity index (χ0v) is 10.4. The lowest BCUT2D eigenvalue weighted by Crippen LogP contribution is -2.06. The van der Waals surface area contributed by atoms with E-state index in [1.807, 2.05) is 0 Å². The van der Waals surface area contributed by atoms with Crippen LogP contribution in [0.2, 0.25) is 5.02 Å². The minimum Gasteiger partial charge on any atom is -0.469 e. The smallest absolute Gasteiger partial charge is 0.310 e. The van der Waals surface area contributed by atoms with E-state index in [1.165, 1.54) is 19.2 Å². The van der Waals surface area contributed by atoms with Crippen molar-refractivity contribution < 1.29 is 13.9 Å². The van der Waals surface area contributed by atoms with Gasteiger partial charge in [0.25, 0.3) is 0 Å². The summed E-state index contributed by atoms with van der Waals surface area (Å²) in [5.41, 5.74) is 0.902. The van der Waals surface area contributed by atoms with E-state index in [9.17, 15) is 9.18 Å². The van der Waals surface area contributed by atoms with Gasteiger partial charge in [0, 0.05) is 15.9 Å². The molecule has 2 nitrogen and oxygen atoms in total. The van der Waals surface area contributed by atoms with Crippen molar-refractivity contribution in [2.24, 2.45) is 0 Å². The van der Waals surface area contributed by atoms with Gasteiger partial charge in [-0.15, -0.1) is 0 Å². The second-order valence-corrected chi connectivity index (χ2v) is 3.89. The Morgan fingerprint density at radius 1 is 1.53 bits per heavy atom. The van der Waals surface area contributed by atoms with E-state index >= 15 is 0 Å². The van der Waals surface area contributed by atoms with Crippen molar-refractivity contribution in [3.8, 4) is 0 Å². The molecular formula is C10H9BrClFO2. The van der Waals surface area contributed by atoms with Crippen molar-refractivity contribution in [2.45, 2.75) is 11.8 Å². The number of carbonyl (C=O) groups excluding carboxylic acids is 1. The maximum Gasteiger partial charge on any atom is 0.310 e. The van der Waals surface area contributed by atoms with E-state index < -0.39 is 11.8 Å². The van der Waals surface area contributed by atoms with Crippen LogP contribution in [0, 0.1) is 5.82 Å². The molecule has 0 aliphatic rings. The van der Waals surface area contributed by atoms with E-state index in [-0.39, 0.29) is 12.0 Å². The van der Waals surface area contributed by atoms with Crippen LogP contribution in [0.1, 0.15) is 11.1 Å². The highest BCUT2D eigenvalue weighted by molar-refractivity contribution is 9.08. The molecular weight excluding hydrogens is 286 g/mol. The van der Waals surface area contributed by atoms with Gasteiger partial charge < -0.3 is 4.74 Å². The molecule has 0 amide bonds. The van der Waals surface area contributed by atoms with Crippen molar-refractivity contribution >= 4 is 33.5 Å². The van der Waals surface area contributed by atoms with Crippen LogP contribution < -0.4 is 0 Å². The summed E-state index contributed by atoms with van der Waals surface area (Å²) in [4.78, 5) is 11.0. The lowest BCUT2D eigenvalue weighted by atomic mass is 10.1. The molecule has 0 radical (unpaired) electrons. The van der Waals surface area contributed by atoms with Crippen LogP contribution in [-0.2, 0) is 21.3 Å². The SMILES string of the molecule is COC(=O)Cc1cc(Cl)c(CBr)cc1F. The molecule has 0 aromatic heterocycles. The fourth-order valence-corrected chi connectivity index (χ4v) is 1.97. The zero-order valence-electron chi connectivity index (χ0n) is 8.02. The van der Waals surface area contributed by atoms with E-state index in [0.29, 0.717) is 15.9 Å². The number of halogens is 3. The topological polar surface area (TPSA) is 26.3 Å². The molecule has 0 saturated heterocycles. The Hall–Kier alpha value is -0.610. The maximum atomic E-state index is 13.4. The van der Waals surface area contributed by atoms with Gasteiger partial charge in [0.1, 0.15) is 5.82 Å². The Bertz CT molecular complexity index is 382. The molecule has 0 bridgehead atoms. The average Bonchev–Trinajstić information content (AvgIpc) is 2.22. The third-order valence-corrected chi connectivity index (χ3v) is 2.88. The predicted octanol–water partition coefficient (Wildman–Crippen LogP) is 3.09. The first kappa shape index (κ1) is 12.5. The minimum absolute atomic E-state index is 0.107. The quantitative estimate of drug-likeness (QED) is 0.633. The van der Waals surface area contributed by atoms with Gasteiger partial charge in [0.15, 0.2) is 0 Å². The van der Waals surface area contributed by atoms with Gasteiger partial charge in [0.05, 0.1) is 13.5 Å². The van der Waals surface area contributed by atoms with Crippen molar-refractivity contribution in [3.05, 3.63) is 34.1 Å². The summed E-state index contributed by atoms with van der Waals surface area (Å²) < 4.78 is 17.9. The third kappa shape index (κ3) is 3.18. The molecule has 1 rings (SSSR count). The summed E-state index contributed by atoms with van der Waals surface area (Å²) in [6.07, 6.45) is -0.107. The lowest BCUT2D eigenvalue weighted by molar-refractivity contribution is -0.139. The lowest BCUT2D eigenvalue weighted by Gasteiger charge is -2.06. The summed E-state index contributed by atoms with van der Waals surface area (Å²) in [5.74, 6) is -0.934. The normalized spacial score (nSPS) is 10.1. The van der Waals surface area contributed by atoms with Gasteiger partial charge in [-0.25, -0.2) is 4.39 Å². The number of alkyl halides is 1. The highest BCUT2D eigenvalue weighted by Gasteiger charge is 2.11. The summed E-state index contributed by atoms with van der Waals surface area (Å²) in [6.45, 7) is 0. The molecule has 1 aromatic rings. The standard InChI is InChI=1S/C10H9BrClFO2/c1-15-10(14)4-6-2-8(12)7(5-11)3-9(6)13/h2-3H,4-5H2,1H3. The molecule has 0 atom stereocenters. The van der Waals surface area contributed by atoms with E-state index in [0.717, 1.165) is 0 Å². The number of ether oxygens (including phenoxy) is 1. The largest absolute Gasteiger partial charge is 0.469 e. The number of rotatable bonds is 3. The highest BCUT2D eigenvalue weighted by atomic mass is 79.9. The Balaban J connectivity index is 3.00. The minimum atomic E-state index is -0.489. The second-order valence-electron chi connectivity index (χ2n) is 2.92. The van der Waals surface area contributed by atoms with Crippen molar-refractivity contribution in [3.63, 3.8) is 0 Å². The number of hydrogen-bond acceptors (Lipinski definition) is 2. The van der Waals surface area contributed by atoms with Gasteiger partial charge in [-0.2, -0.15) is 0 Å². The predicted molar refractivity (Wildman–Crippen MR) is 59.8 cm³/mol. The van der Waals surface area contributed by atoms with Crippen LogP contribution in [0.4, 0.5) is 4.39 Å². The van der Waals surface area contributed by atoms with Gasteiger partial charge in [0.2, 0.25) is 0 Å². The first-order chi connectivity index (χ1) is 7.08. The molecule has 5 heteroatoms. The van der Waals surface area contributed by atoms with Crippen LogP contribution in [0.3, 0.4) is 0 Å². The molecule has 0 saturated carbocycles. The van der Waals surface area contributed by atoms with Crippen LogP contribution in [0.25, 0.3) is 0 Å². The number of carbonyl (C=O) groups is 1. The Kier molecular flexibility index (Phi) is 4.54.